The van der Waals surface area contributed by atoms with Gasteiger partial charge in [-0.15, -0.1) is 0 Å². The van der Waals surface area contributed by atoms with Gasteiger partial charge in [0.05, 0.1) is 13.0 Å². The lowest BCUT2D eigenvalue weighted by Crippen LogP contribution is -2.50. The Hall–Kier alpha value is -1.31. The molecule has 114 valence electrons. The molecule has 20 heavy (non-hydrogen) atoms. The Morgan fingerprint density at radius 1 is 1.30 bits per heavy atom. The summed E-state index contributed by atoms with van der Waals surface area (Å²) in [4.78, 5) is 0. The number of aryl methyl sites for hydroxylation is 2. The summed E-state index contributed by atoms with van der Waals surface area (Å²) >= 11 is 0. The Kier molecular flexibility index (Phi) is 5.80. The number of pyridine rings is 1. The van der Waals surface area contributed by atoms with Gasteiger partial charge in [-0.05, 0) is 32.4 Å². The second-order valence-electron chi connectivity index (χ2n) is 4.55. The molecule has 0 aliphatic carbocycles. The largest absolute Gasteiger partial charge is 0.673 e. The van der Waals surface area contributed by atoms with Crippen LogP contribution in [-0.4, -0.2) is 20.4 Å². The van der Waals surface area contributed by atoms with Crippen LogP contribution in [0, 0.1) is 13.8 Å². The van der Waals surface area contributed by atoms with Gasteiger partial charge < -0.3 is 22.0 Å². The van der Waals surface area contributed by atoms with Crippen molar-refractivity contribution in [1.29, 1.82) is 0 Å². The Morgan fingerprint density at radius 3 is 2.45 bits per heavy atom. The molecule has 1 N–H and O–H groups in total. The summed E-state index contributed by atoms with van der Waals surface area (Å²) in [5, 5.41) is 3.42. The third kappa shape index (κ3) is 5.36. The number of anilines is 1. The fourth-order valence-corrected chi connectivity index (χ4v) is 2.24. The van der Waals surface area contributed by atoms with Gasteiger partial charge >= 0.3 is 7.25 Å². The number of nitrogens with zero attached hydrogens (tertiary/aromatic N) is 1. The number of rotatable bonds is 2. The van der Waals surface area contributed by atoms with E-state index in [9.17, 15) is 17.3 Å². The second-order valence-corrected chi connectivity index (χ2v) is 4.55. The summed E-state index contributed by atoms with van der Waals surface area (Å²) in [7, 11) is -6.00. The molecule has 0 amide bonds. The molecule has 0 saturated carbocycles. The first-order valence-electron chi connectivity index (χ1n) is 6.48. The van der Waals surface area contributed by atoms with Crippen LogP contribution < -0.4 is 9.88 Å². The first-order chi connectivity index (χ1) is 9.22. The summed E-state index contributed by atoms with van der Waals surface area (Å²) in [5.41, 5.74) is 2.55. The minimum Gasteiger partial charge on any atom is -0.418 e. The molecule has 1 aromatic heterocycles. The van der Waals surface area contributed by atoms with Crippen LogP contribution >= 0.6 is 0 Å². The summed E-state index contributed by atoms with van der Waals surface area (Å²) in [6.07, 6.45) is 1.24. The number of ether oxygens (including phenoxy) is 1. The average Bonchev–Trinajstić information content (AvgIpc) is 2.26. The maximum Gasteiger partial charge on any atom is 0.673 e. The lowest BCUT2D eigenvalue weighted by atomic mass is 10.2. The zero-order chi connectivity index (χ0) is 15.3. The van der Waals surface area contributed by atoms with Crippen LogP contribution in [0.5, 0.6) is 0 Å². The van der Waals surface area contributed by atoms with Crippen molar-refractivity contribution in [2.45, 2.75) is 33.4 Å². The van der Waals surface area contributed by atoms with Gasteiger partial charge in [0.15, 0.2) is 0 Å². The standard InChI is InChI=1S/C12H18N2O.BF4/c1-4-15-12-5-6-13-11-8-9(2)7-10(3)14(11)12;2-1(3,4)5/h7-8,12H,4-6H2,1-3H3;/q;-1/p+1. The minimum absolute atomic E-state index is 0.201. The van der Waals surface area contributed by atoms with E-state index < -0.39 is 7.25 Å². The Balaban J connectivity index is 0.000000347. The SMILES string of the molecule is CCOC1CCNc2cc(C)cc(C)[n+]21.F[B-](F)(F)F. The van der Waals surface area contributed by atoms with Crippen molar-refractivity contribution >= 4 is 13.1 Å². The third-order valence-electron chi connectivity index (χ3n) is 2.78. The van der Waals surface area contributed by atoms with Crippen LogP contribution in [0.25, 0.3) is 0 Å². The molecule has 1 unspecified atom stereocenters. The number of nitrogens with one attached hydrogen (secondary N) is 1. The smallest absolute Gasteiger partial charge is 0.418 e. The van der Waals surface area contributed by atoms with Crippen molar-refractivity contribution in [3.05, 3.63) is 23.4 Å². The minimum atomic E-state index is -6.00. The lowest BCUT2D eigenvalue weighted by molar-refractivity contribution is -0.758. The van der Waals surface area contributed by atoms with Crippen LogP contribution in [-0.2, 0) is 4.74 Å². The molecule has 0 radical (unpaired) electrons. The molecule has 1 aromatic rings. The van der Waals surface area contributed by atoms with E-state index in [1.807, 2.05) is 6.92 Å². The number of hydrogen-bond donors (Lipinski definition) is 1. The molecule has 2 rings (SSSR count). The van der Waals surface area contributed by atoms with Crippen LogP contribution in [0.1, 0.15) is 30.8 Å². The van der Waals surface area contributed by atoms with Crippen molar-refractivity contribution in [3.63, 3.8) is 0 Å². The maximum atomic E-state index is 9.75. The molecule has 0 spiro atoms. The quantitative estimate of drug-likeness (QED) is 0.514. The van der Waals surface area contributed by atoms with E-state index in [4.69, 9.17) is 4.74 Å². The van der Waals surface area contributed by atoms with Gasteiger partial charge in [-0.1, -0.05) is 0 Å². The second kappa shape index (κ2) is 6.92. The highest BCUT2D eigenvalue weighted by Crippen LogP contribution is 2.18. The van der Waals surface area contributed by atoms with Crippen LogP contribution in [0.2, 0.25) is 0 Å². The highest BCUT2D eigenvalue weighted by molar-refractivity contribution is 6.50. The molecule has 2 heterocycles. The fraction of sp³-hybridized carbons (Fsp3) is 0.583. The van der Waals surface area contributed by atoms with Gasteiger partial charge in [0.2, 0.25) is 6.23 Å². The normalized spacial score (nSPS) is 17.6. The molecule has 0 aromatic carbocycles. The fourth-order valence-electron chi connectivity index (χ4n) is 2.24. The van der Waals surface area contributed by atoms with Crippen molar-refractivity contribution < 1.29 is 26.6 Å². The number of halogens is 4. The van der Waals surface area contributed by atoms with Gasteiger partial charge in [0.25, 0.3) is 5.82 Å². The zero-order valence-corrected chi connectivity index (χ0v) is 11.8. The van der Waals surface area contributed by atoms with E-state index in [1.54, 1.807) is 0 Å². The van der Waals surface area contributed by atoms with E-state index in [-0.39, 0.29) is 6.23 Å². The lowest BCUT2D eigenvalue weighted by Gasteiger charge is -2.24. The summed E-state index contributed by atoms with van der Waals surface area (Å²) in [6, 6.07) is 4.38. The molecule has 0 bridgehead atoms. The molecule has 1 aliphatic heterocycles. The molecular weight excluding hydrogens is 275 g/mol. The van der Waals surface area contributed by atoms with E-state index >= 15 is 0 Å². The Labute approximate surface area is 116 Å². The highest BCUT2D eigenvalue weighted by Gasteiger charge is 2.27. The van der Waals surface area contributed by atoms with Crippen LogP contribution in [0.15, 0.2) is 12.1 Å². The van der Waals surface area contributed by atoms with Gasteiger partial charge in [-0.3, -0.25) is 5.32 Å². The number of aromatic nitrogens is 1. The Bertz CT molecular complexity index is 448. The molecule has 1 aliphatic rings. The first-order valence-corrected chi connectivity index (χ1v) is 6.48. The molecule has 3 nitrogen and oxygen atoms in total. The molecule has 0 fully saturated rings. The monoisotopic (exact) mass is 294 g/mol. The predicted octanol–water partition coefficient (Wildman–Crippen LogP) is 3.24. The van der Waals surface area contributed by atoms with Gasteiger partial charge in [-0.2, -0.15) is 0 Å². The van der Waals surface area contributed by atoms with Gasteiger partial charge in [0.1, 0.15) is 5.69 Å². The molecule has 8 heteroatoms. The summed E-state index contributed by atoms with van der Waals surface area (Å²) in [5.74, 6) is 1.18. The van der Waals surface area contributed by atoms with Crippen molar-refractivity contribution in [2.75, 3.05) is 18.5 Å². The van der Waals surface area contributed by atoms with Gasteiger partial charge in [0, 0.05) is 12.7 Å². The van der Waals surface area contributed by atoms with Crippen molar-refractivity contribution in [1.82, 2.24) is 0 Å². The third-order valence-corrected chi connectivity index (χ3v) is 2.78. The number of hydrogen-bond acceptors (Lipinski definition) is 2. The number of fused-ring (bicyclic) bond motifs is 1. The van der Waals surface area contributed by atoms with E-state index in [0.29, 0.717) is 0 Å². The summed E-state index contributed by atoms with van der Waals surface area (Å²) < 4.78 is 47.0. The molecule has 0 saturated heterocycles. The topological polar surface area (TPSA) is 25.1 Å². The zero-order valence-electron chi connectivity index (χ0n) is 11.8. The first kappa shape index (κ1) is 16.7. The van der Waals surface area contributed by atoms with E-state index in [0.717, 1.165) is 19.6 Å². The van der Waals surface area contributed by atoms with E-state index in [1.165, 1.54) is 17.1 Å². The van der Waals surface area contributed by atoms with Gasteiger partial charge in [-0.25, -0.2) is 4.57 Å². The summed E-state index contributed by atoms with van der Waals surface area (Å²) in [6.45, 7) is 8.07. The molecular formula is C12H19BF4N2O. The van der Waals surface area contributed by atoms with Crippen molar-refractivity contribution in [2.24, 2.45) is 0 Å². The van der Waals surface area contributed by atoms with E-state index in [2.05, 4.69) is 35.9 Å². The van der Waals surface area contributed by atoms with Crippen LogP contribution in [0.4, 0.5) is 23.1 Å². The van der Waals surface area contributed by atoms with Crippen molar-refractivity contribution in [3.8, 4) is 0 Å². The van der Waals surface area contributed by atoms with Crippen LogP contribution in [0.3, 0.4) is 0 Å². The predicted molar refractivity (Wildman–Crippen MR) is 70.1 cm³/mol. The molecule has 1 atom stereocenters. The highest BCUT2D eigenvalue weighted by atomic mass is 19.5. The average molecular weight is 294 g/mol. The Morgan fingerprint density at radius 2 is 1.90 bits per heavy atom. The maximum absolute atomic E-state index is 9.75.